The van der Waals surface area contributed by atoms with Gasteiger partial charge in [-0.25, -0.2) is 0 Å². The molecular formula is C17H18NO4-. The molecule has 22 heavy (non-hydrogen) atoms. The third-order valence-corrected chi connectivity index (χ3v) is 4.02. The number of hydrogen-bond donors (Lipinski definition) is 1. The van der Waals surface area contributed by atoms with Crippen molar-refractivity contribution in [1.82, 2.24) is 0 Å². The van der Waals surface area contributed by atoms with Crippen LogP contribution in [0.5, 0.6) is 0 Å². The quantitative estimate of drug-likeness (QED) is 0.917. The maximum absolute atomic E-state index is 11.8. The van der Waals surface area contributed by atoms with Crippen molar-refractivity contribution >= 4 is 28.5 Å². The summed E-state index contributed by atoms with van der Waals surface area (Å²) in [6, 6.07) is 5.64. The van der Waals surface area contributed by atoms with Crippen LogP contribution in [0.4, 0.5) is 5.69 Å². The molecule has 1 heterocycles. The van der Waals surface area contributed by atoms with Gasteiger partial charge in [-0.3, -0.25) is 4.79 Å². The summed E-state index contributed by atoms with van der Waals surface area (Å²) in [6.07, 6.45) is 4.70. The Morgan fingerprint density at radius 2 is 2.00 bits per heavy atom. The summed E-state index contributed by atoms with van der Waals surface area (Å²) in [5.74, 6) is -0.240. The van der Waals surface area contributed by atoms with Crippen LogP contribution in [-0.4, -0.2) is 11.9 Å². The average Bonchev–Trinajstić information content (AvgIpc) is 2.85. The number of amides is 1. The number of carboxylic acids is 1. The maximum atomic E-state index is 11.8. The van der Waals surface area contributed by atoms with Crippen LogP contribution in [0.1, 0.15) is 43.4 Å². The van der Waals surface area contributed by atoms with Gasteiger partial charge < -0.3 is 19.6 Å². The average molecular weight is 300 g/mol. The maximum Gasteiger partial charge on any atom is 0.224 e. The number of carboxylic acid groups (broad SMARTS) is 1. The van der Waals surface area contributed by atoms with E-state index < -0.39 is 5.97 Å². The van der Waals surface area contributed by atoms with Gasteiger partial charge in [0.1, 0.15) is 11.3 Å². The van der Waals surface area contributed by atoms with Gasteiger partial charge in [0.2, 0.25) is 5.91 Å². The van der Waals surface area contributed by atoms with E-state index in [4.69, 9.17) is 4.42 Å². The van der Waals surface area contributed by atoms with Gasteiger partial charge in [0.05, 0.1) is 0 Å². The number of fused-ring (bicyclic) bond motifs is 3. The summed E-state index contributed by atoms with van der Waals surface area (Å²) < 4.78 is 5.86. The molecule has 3 rings (SSSR count). The fraction of sp³-hybridized carbons (Fsp3) is 0.412. The predicted molar refractivity (Wildman–Crippen MR) is 80.3 cm³/mol. The van der Waals surface area contributed by atoms with Gasteiger partial charge in [-0.05, 0) is 50.3 Å². The Balaban J connectivity index is 1.72. The van der Waals surface area contributed by atoms with Gasteiger partial charge in [-0.2, -0.15) is 0 Å². The highest BCUT2D eigenvalue weighted by molar-refractivity contribution is 5.94. The van der Waals surface area contributed by atoms with E-state index >= 15 is 0 Å². The molecule has 116 valence electrons. The molecule has 5 nitrogen and oxygen atoms in total. The number of anilines is 1. The fourth-order valence-electron chi connectivity index (χ4n) is 2.96. The molecule has 5 heteroatoms. The molecule has 0 fully saturated rings. The molecule has 1 N–H and O–H groups in total. The minimum Gasteiger partial charge on any atom is -0.550 e. The molecule has 0 aliphatic heterocycles. The Morgan fingerprint density at radius 3 is 2.82 bits per heavy atom. The highest BCUT2D eigenvalue weighted by atomic mass is 16.4. The van der Waals surface area contributed by atoms with Gasteiger partial charge in [-0.15, -0.1) is 0 Å². The number of aryl methyl sites for hydroxylation is 2. The lowest BCUT2D eigenvalue weighted by Gasteiger charge is -2.09. The van der Waals surface area contributed by atoms with E-state index in [0.717, 1.165) is 41.7 Å². The van der Waals surface area contributed by atoms with Crippen molar-refractivity contribution in [3.63, 3.8) is 0 Å². The van der Waals surface area contributed by atoms with Crippen molar-refractivity contribution < 1.29 is 19.1 Å². The Hall–Kier alpha value is -2.30. The van der Waals surface area contributed by atoms with Gasteiger partial charge in [0, 0.05) is 35.4 Å². The van der Waals surface area contributed by atoms with E-state index in [1.165, 1.54) is 12.0 Å². The third-order valence-electron chi connectivity index (χ3n) is 4.02. The zero-order valence-corrected chi connectivity index (χ0v) is 12.3. The summed E-state index contributed by atoms with van der Waals surface area (Å²) in [7, 11) is 0. The number of nitrogens with one attached hydrogen (secondary N) is 1. The molecule has 0 saturated carbocycles. The molecule has 0 spiro atoms. The molecule has 1 amide bonds. The molecule has 0 atom stereocenters. The summed E-state index contributed by atoms with van der Waals surface area (Å²) in [5.41, 5.74) is 2.84. The van der Waals surface area contributed by atoms with E-state index in [1.807, 2.05) is 18.2 Å². The monoisotopic (exact) mass is 300 g/mol. The summed E-state index contributed by atoms with van der Waals surface area (Å²) in [5, 5.41) is 14.2. The highest BCUT2D eigenvalue weighted by Crippen LogP contribution is 2.33. The van der Waals surface area contributed by atoms with Crippen molar-refractivity contribution in [3.8, 4) is 0 Å². The van der Waals surface area contributed by atoms with Crippen LogP contribution in [-0.2, 0) is 22.4 Å². The Kier molecular flexibility index (Phi) is 4.13. The van der Waals surface area contributed by atoms with Crippen molar-refractivity contribution in [2.24, 2.45) is 0 Å². The van der Waals surface area contributed by atoms with E-state index in [9.17, 15) is 14.7 Å². The van der Waals surface area contributed by atoms with E-state index in [0.29, 0.717) is 0 Å². The smallest absolute Gasteiger partial charge is 0.224 e. The van der Waals surface area contributed by atoms with Crippen LogP contribution in [0.25, 0.3) is 11.0 Å². The lowest BCUT2D eigenvalue weighted by atomic mass is 9.96. The summed E-state index contributed by atoms with van der Waals surface area (Å²) in [4.78, 5) is 22.1. The van der Waals surface area contributed by atoms with Crippen LogP contribution in [0, 0.1) is 0 Å². The zero-order valence-electron chi connectivity index (χ0n) is 12.3. The van der Waals surface area contributed by atoms with Crippen molar-refractivity contribution in [3.05, 3.63) is 29.5 Å². The Morgan fingerprint density at radius 1 is 1.18 bits per heavy atom. The van der Waals surface area contributed by atoms with Gasteiger partial charge in [0.15, 0.2) is 0 Å². The predicted octanol–water partition coefficient (Wildman–Crippen LogP) is 2.17. The fourth-order valence-corrected chi connectivity index (χ4v) is 2.96. The minimum absolute atomic E-state index is 0.0955. The molecule has 1 aromatic carbocycles. The lowest BCUT2D eigenvalue weighted by Crippen LogP contribution is -2.22. The van der Waals surface area contributed by atoms with E-state index in [2.05, 4.69) is 5.32 Å². The molecular weight excluding hydrogens is 282 g/mol. The molecule has 0 saturated heterocycles. The first-order valence-corrected chi connectivity index (χ1v) is 7.67. The first-order chi connectivity index (χ1) is 10.6. The Labute approximate surface area is 128 Å². The van der Waals surface area contributed by atoms with Crippen LogP contribution < -0.4 is 10.4 Å². The minimum atomic E-state index is -1.13. The molecule has 1 aromatic heterocycles. The first kappa shape index (κ1) is 14.6. The number of carbonyl (C=O) groups is 2. The Bertz CT molecular complexity index is 717. The topological polar surface area (TPSA) is 82.4 Å². The lowest BCUT2D eigenvalue weighted by molar-refractivity contribution is -0.305. The van der Waals surface area contributed by atoms with Crippen LogP contribution >= 0.6 is 0 Å². The second-order valence-electron chi connectivity index (χ2n) is 5.70. The van der Waals surface area contributed by atoms with Crippen molar-refractivity contribution in [1.29, 1.82) is 0 Å². The first-order valence-electron chi connectivity index (χ1n) is 7.67. The second kappa shape index (κ2) is 6.22. The zero-order chi connectivity index (χ0) is 15.5. The number of carbonyl (C=O) groups excluding carboxylic acids is 2. The normalized spacial score (nSPS) is 13.8. The number of benzene rings is 1. The molecule has 0 bridgehead atoms. The summed E-state index contributed by atoms with van der Waals surface area (Å²) in [6.45, 7) is 0. The van der Waals surface area contributed by atoms with Crippen molar-refractivity contribution in [2.45, 2.75) is 44.9 Å². The molecule has 1 aliphatic carbocycles. The number of aliphatic carboxylic acids is 1. The number of hydrogen-bond acceptors (Lipinski definition) is 4. The number of furan rings is 1. The van der Waals surface area contributed by atoms with Crippen molar-refractivity contribution in [2.75, 3.05) is 5.32 Å². The van der Waals surface area contributed by atoms with Gasteiger partial charge in [0.25, 0.3) is 0 Å². The molecule has 1 aliphatic rings. The standard InChI is InChI=1S/C17H19NO4/c19-16(6-3-7-17(20)21)18-11-8-9-15-13(10-11)12-4-1-2-5-14(12)22-15/h8-10H,1-7H2,(H,18,19)(H,20,21)/p-1. The molecule has 0 unspecified atom stereocenters. The van der Waals surface area contributed by atoms with Crippen LogP contribution in [0.2, 0.25) is 0 Å². The van der Waals surface area contributed by atoms with Gasteiger partial charge in [-0.1, -0.05) is 0 Å². The molecule has 2 aromatic rings. The number of rotatable bonds is 5. The second-order valence-corrected chi connectivity index (χ2v) is 5.70. The highest BCUT2D eigenvalue weighted by Gasteiger charge is 2.18. The third kappa shape index (κ3) is 3.13. The molecule has 0 radical (unpaired) electrons. The largest absolute Gasteiger partial charge is 0.550 e. The SMILES string of the molecule is O=C([O-])CCCC(=O)Nc1ccc2oc3c(c2c1)CCCC3. The van der Waals surface area contributed by atoms with E-state index in [-0.39, 0.29) is 25.2 Å². The van der Waals surface area contributed by atoms with Crippen LogP contribution in [0.3, 0.4) is 0 Å². The van der Waals surface area contributed by atoms with E-state index in [1.54, 1.807) is 0 Å². The van der Waals surface area contributed by atoms with Gasteiger partial charge >= 0.3 is 0 Å². The summed E-state index contributed by atoms with van der Waals surface area (Å²) >= 11 is 0. The van der Waals surface area contributed by atoms with Crippen LogP contribution in [0.15, 0.2) is 22.6 Å².